The van der Waals surface area contributed by atoms with Crippen LogP contribution in [0, 0.1) is 27.3 Å². The first-order chi connectivity index (χ1) is 10.5. The van der Waals surface area contributed by atoms with E-state index in [1.807, 2.05) is 0 Å². The average Bonchev–Trinajstić information content (AvgIpc) is 2.47. The van der Waals surface area contributed by atoms with Crippen LogP contribution in [0.15, 0.2) is 42.5 Å². The van der Waals surface area contributed by atoms with Gasteiger partial charge in [0.25, 0.3) is 5.69 Å². The first kappa shape index (κ1) is 14.9. The van der Waals surface area contributed by atoms with E-state index in [0.717, 1.165) is 12.1 Å². The van der Waals surface area contributed by atoms with Crippen LogP contribution in [0.1, 0.15) is 5.56 Å². The van der Waals surface area contributed by atoms with Crippen LogP contribution < -0.4 is 10.6 Å². The number of nitro benzene ring substituents is 1. The lowest BCUT2D eigenvalue weighted by Gasteiger charge is -2.08. The molecule has 8 heteroatoms. The first-order valence-corrected chi connectivity index (χ1v) is 6.01. The number of carbonyl (C=O) groups is 1. The summed E-state index contributed by atoms with van der Waals surface area (Å²) >= 11 is 0. The summed E-state index contributed by atoms with van der Waals surface area (Å²) in [5.74, 6) is -0.508. The molecule has 0 spiro atoms. The highest BCUT2D eigenvalue weighted by atomic mass is 19.1. The third-order valence-corrected chi connectivity index (χ3v) is 2.67. The Morgan fingerprint density at radius 3 is 2.64 bits per heavy atom. The van der Waals surface area contributed by atoms with Crippen molar-refractivity contribution in [3.63, 3.8) is 0 Å². The fraction of sp³-hybridized carbons (Fsp3) is 0. The Hall–Kier alpha value is -3.47. The Balaban J connectivity index is 2.15. The Kier molecular flexibility index (Phi) is 4.29. The maximum absolute atomic E-state index is 13.0. The number of benzene rings is 2. The van der Waals surface area contributed by atoms with Crippen LogP contribution in [-0.4, -0.2) is 11.0 Å². The lowest BCUT2D eigenvalue weighted by Crippen LogP contribution is -2.20. The highest BCUT2D eigenvalue weighted by molar-refractivity contribution is 6.00. The first-order valence-electron chi connectivity index (χ1n) is 6.01. The van der Waals surface area contributed by atoms with E-state index in [4.69, 9.17) is 5.26 Å². The number of nitrogens with one attached hydrogen (secondary N) is 2. The molecule has 110 valence electrons. The molecule has 2 aromatic carbocycles. The van der Waals surface area contributed by atoms with E-state index in [1.165, 1.54) is 30.3 Å². The number of nitrogens with zero attached hydrogens (tertiary/aromatic N) is 2. The number of nitro groups is 1. The normalized spacial score (nSPS) is 9.64. The minimum Gasteiger partial charge on any atom is -0.308 e. The van der Waals surface area contributed by atoms with Gasteiger partial charge in [-0.15, -0.1) is 0 Å². The highest BCUT2D eigenvalue weighted by Gasteiger charge is 2.12. The van der Waals surface area contributed by atoms with Crippen molar-refractivity contribution in [1.29, 1.82) is 5.26 Å². The van der Waals surface area contributed by atoms with Crippen molar-refractivity contribution in [2.24, 2.45) is 0 Å². The monoisotopic (exact) mass is 300 g/mol. The summed E-state index contributed by atoms with van der Waals surface area (Å²) in [4.78, 5) is 21.8. The smallest absolute Gasteiger partial charge is 0.308 e. The van der Waals surface area contributed by atoms with Gasteiger partial charge in [0.15, 0.2) is 0 Å². The molecule has 7 nitrogen and oxygen atoms in total. The molecule has 2 rings (SSSR count). The molecule has 0 heterocycles. The van der Waals surface area contributed by atoms with Gasteiger partial charge in [-0.1, -0.05) is 6.07 Å². The van der Waals surface area contributed by atoms with E-state index in [9.17, 15) is 19.3 Å². The molecule has 2 amide bonds. The number of amides is 2. The predicted octanol–water partition coefficient (Wildman–Crippen LogP) is 3.25. The van der Waals surface area contributed by atoms with Crippen molar-refractivity contribution in [2.75, 3.05) is 10.6 Å². The van der Waals surface area contributed by atoms with Crippen molar-refractivity contribution < 1.29 is 14.1 Å². The van der Waals surface area contributed by atoms with Gasteiger partial charge in [0.2, 0.25) is 0 Å². The minimum atomic E-state index is -0.698. The molecule has 0 radical (unpaired) electrons. The molecule has 0 saturated carbocycles. The van der Waals surface area contributed by atoms with Gasteiger partial charge in [-0.3, -0.25) is 10.1 Å². The number of nitriles is 1. The number of anilines is 2. The second kappa shape index (κ2) is 6.32. The number of halogens is 1. The molecule has 0 atom stereocenters. The Labute approximate surface area is 124 Å². The van der Waals surface area contributed by atoms with Crippen LogP contribution in [-0.2, 0) is 0 Å². The van der Waals surface area contributed by atoms with E-state index in [-0.39, 0.29) is 22.6 Å². The van der Waals surface area contributed by atoms with Crippen LogP contribution in [0.4, 0.5) is 26.2 Å². The van der Waals surface area contributed by atoms with E-state index < -0.39 is 16.8 Å². The fourth-order valence-corrected chi connectivity index (χ4v) is 1.70. The molecule has 2 aromatic rings. The van der Waals surface area contributed by atoms with Gasteiger partial charge in [-0.2, -0.15) is 5.26 Å². The third-order valence-electron chi connectivity index (χ3n) is 2.67. The molecular formula is C14H9FN4O3. The average molecular weight is 300 g/mol. The van der Waals surface area contributed by atoms with Crippen molar-refractivity contribution in [3.05, 3.63) is 64.0 Å². The number of carbonyl (C=O) groups excluding carboxylic acids is 1. The molecule has 0 aliphatic carbocycles. The topological polar surface area (TPSA) is 108 Å². The van der Waals surface area contributed by atoms with Gasteiger partial charge >= 0.3 is 6.03 Å². The second-order valence-electron chi connectivity index (χ2n) is 4.19. The van der Waals surface area contributed by atoms with E-state index >= 15 is 0 Å². The van der Waals surface area contributed by atoms with Crippen LogP contribution in [0.3, 0.4) is 0 Å². The molecule has 22 heavy (non-hydrogen) atoms. The largest absolute Gasteiger partial charge is 0.323 e. The van der Waals surface area contributed by atoms with Crippen molar-refractivity contribution in [3.8, 4) is 6.07 Å². The Morgan fingerprint density at radius 2 is 2.00 bits per heavy atom. The highest BCUT2D eigenvalue weighted by Crippen LogP contribution is 2.21. The molecule has 0 aliphatic heterocycles. The quantitative estimate of drug-likeness (QED) is 0.669. The predicted molar refractivity (Wildman–Crippen MR) is 76.9 cm³/mol. The summed E-state index contributed by atoms with van der Waals surface area (Å²) in [5.41, 5.74) is 0.0381. The number of urea groups is 1. The summed E-state index contributed by atoms with van der Waals surface area (Å²) in [5, 5.41) is 24.4. The van der Waals surface area contributed by atoms with Gasteiger partial charge in [0.05, 0.1) is 16.2 Å². The summed E-state index contributed by atoms with van der Waals surface area (Å²) in [6.45, 7) is 0. The maximum atomic E-state index is 13.0. The standard InChI is InChI=1S/C14H9FN4O3/c15-10-2-1-3-11(7-10)17-14(20)18-13-5-4-12(19(21)22)6-9(13)8-16/h1-7H,(H2,17,18,20). The summed E-state index contributed by atoms with van der Waals surface area (Å²) in [6.07, 6.45) is 0. The molecule has 0 unspecified atom stereocenters. The van der Waals surface area contributed by atoms with E-state index in [1.54, 1.807) is 6.07 Å². The molecule has 0 fully saturated rings. The molecule has 2 N–H and O–H groups in total. The minimum absolute atomic E-state index is 0.0522. The molecular weight excluding hydrogens is 291 g/mol. The van der Waals surface area contributed by atoms with Crippen molar-refractivity contribution in [2.45, 2.75) is 0 Å². The van der Waals surface area contributed by atoms with Crippen LogP contribution in [0.5, 0.6) is 0 Å². The number of hydrogen-bond donors (Lipinski definition) is 2. The maximum Gasteiger partial charge on any atom is 0.323 e. The Bertz CT molecular complexity index is 786. The number of rotatable bonds is 3. The molecule has 0 bridgehead atoms. The zero-order valence-electron chi connectivity index (χ0n) is 11.0. The summed E-state index contributed by atoms with van der Waals surface area (Å²) < 4.78 is 13.0. The summed E-state index contributed by atoms with van der Waals surface area (Å²) in [6, 6.07) is 9.81. The SMILES string of the molecule is N#Cc1cc([N+](=O)[O-])ccc1NC(=O)Nc1cccc(F)c1. The van der Waals surface area contributed by atoms with Crippen molar-refractivity contribution >= 4 is 23.1 Å². The van der Waals surface area contributed by atoms with Gasteiger partial charge in [0, 0.05) is 17.8 Å². The van der Waals surface area contributed by atoms with Gasteiger partial charge in [0.1, 0.15) is 11.9 Å². The number of hydrogen-bond acceptors (Lipinski definition) is 4. The van der Waals surface area contributed by atoms with Gasteiger partial charge in [-0.25, -0.2) is 9.18 Å². The van der Waals surface area contributed by atoms with Gasteiger partial charge in [-0.05, 0) is 24.3 Å². The fourth-order valence-electron chi connectivity index (χ4n) is 1.70. The zero-order chi connectivity index (χ0) is 16.1. The van der Waals surface area contributed by atoms with Crippen LogP contribution in [0.25, 0.3) is 0 Å². The third kappa shape index (κ3) is 3.55. The zero-order valence-corrected chi connectivity index (χ0v) is 11.0. The number of non-ortho nitro benzene ring substituents is 1. The lowest BCUT2D eigenvalue weighted by molar-refractivity contribution is -0.384. The molecule has 0 saturated heterocycles. The van der Waals surface area contributed by atoms with Crippen LogP contribution in [0.2, 0.25) is 0 Å². The molecule has 0 aliphatic rings. The van der Waals surface area contributed by atoms with E-state index in [0.29, 0.717) is 0 Å². The summed E-state index contributed by atoms with van der Waals surface area (Å²) in [7, 11) is 0. The van der Waals surface area contributed by atoms with Crippen LogP contribution >= 0.6 is 0 Å². The lowest BCUT2D eigenvalue weighted by atomic mass is 10.1. The van der Waals surface area contributed by atoms with E-state index in [2.05, 4.69) is 10.6 Å². The van der Waals surface area contributed by atoms with Crippen molar-refractivity contribution in [1.82, 2.24) is 0 Å². The molecule has 0 aromatic heterocycles. The Morgan fingerprint density at radius 1 is 1.23 bits per heavy atom. The second-order valence-corrected chi connectivity index (χ2v) is 4.19. The van der Waals surface area contributed by atoms with Gasteiger partial charge < -0.3 is 10.6 Å².